The summed E-state index contributed by atoms with van der Waals surface area (Å²) in [5.74, 6) is -2.56. The normalized spacial score (nSPS) is 18.4. The van der Waals surface area contributed by atoms with Gasteiger partial charge in [0, 0.05) is 12.8 Å². The second-order valence-corrected chi connectivity index (χ2v) is 7.53. The van der Waals surface area contributed by atoms with Crippen LogP contribution >= 0.6 is 0 Å². The van der Waals surface area contributed by atoms with Gasteiger partial charge in [-0.15, -0.1) is 0 Å². The SMILES string of the molecule is NCCCCCCCC(=O)Nc1cccc2c1C(=O)N(C1CCC(=O)NC1=O)C2=O. The molecule has 9 nitrogen and oxygen atoms in total. The molecule has 9 heteroatoms. The number of hydrogen-bond acceptors (Lipinski definition) is 6. The Kier molecular flexibility index (Phi) is 6.94. The van der Waals surface area contributed by atoms with Crippen LogP contribution in [0, 0.1) is 0 Å². The van der Waals surface area contributed by atoms with Gasteiger partial charge in [-0.1, -0.05) is 25.3 Å². The first kappa shape index (κ1) is 21.6. The van der Waals surface area contributed by atoms with Crippen molar-refractivity contribution < 1.29 is 24.0 Å². The van der Waals surface area contributed by atoms with Crippen molar-refractivity contribution in [3.8, 4) is 0 Å². The van der Waals surface area contributed by atoms with E-state index in [4.69, 9.17) is 5.73 Å². The summed E-state index contributed by atoms with van der Waals surface area (Å²) in [6, 6.07) is 3.61. The fourth-order valence-electron chi connectivity index (χ4n) is 3.79. The van der Waals surface area contributed by atoms with Crippen molar-refractivity contribution in [2.24, 2.45) is 5.73 Å². The predicted octanol–water partition coefficient (Wildman–Crippen LogP) is 1.33. The van der Waals surface area contributed by atoms with Gasteiger partial charge in [0.2, 0.25) is 17.7 Å². The summed E-state index contributed by atoms with van der Waals surface area (Å²) >= 11 is 0. The van der Waals surface area contributed by atoms with E-state index in [-0.39, 0.29) is 35.6 Å². The molecule has 0 saturated carbocycles. The maximum atomic E-state index is 13.0. The Bertz CT molecular complexity index is 882. The lowest BCUT2D eigenvalue weighted by atomic mass is 10.0. The number of carbonyl (C=O) groups excluding carboxylic acids is 5. The molecule has 0 bridgehead atoms. The molecule has 0 radical (unpaired) electrons. The Morgan fingerprint density at radius 1 is 1.07 bits per heavy atom. The molecule has 5 amide bonds. The minimum atomic E-state index is -1.04. The van der Waals surface area contributed by atoms with Gasteiger partial charge in [-0.2, -0.15) is 0 Å². The van der Waals surface area contributed by atoms with E-state index < -0.39 is 29.7 Å². The standard InChI is InChI=1S/C21H26N4O5/c22-12-5-3-1-2-4-9-16(26)23-14-8-6-7-13-18(14)21(30)25(20(13)29)15-10-11-17(27)24-19(15)28/h6-8,15H,1-5,9-12,22H2,(H,23,26)(H,24,27,28). The third kappa shape index (κ3) is 4.56. The Hall–Kier alpha value is -3.07. The fourth-order valence-corrected chi connectivity index (χ4v) is 3.79. The van der Waals surface area contributed by atoms with Crippen molar-refractivity contribution in [2.75, 3.05) is 11.9 Å². The van der Waals surface area contributed by atoms with Gasteiger partial charge in [-0.05, 0) is 37.9 Å². The fraction of sp³-hybridized carbons (Fsp3) is 0.476. The maximum Gasteiger partial charge on any atom is 0.264 e. The van der Waals surface area contributed by atoms with E-state index in [1.807, 2.05) is 0 Å². The van der Waals surface area contributed by atoms with Gasteiger partial charge in [-0.3, -0.25) is 34.2 Å². The topological polar surface area (TPSA) is 139 Å². The number of nitrogens with one attached hydrogen (secondary N) is 2. The number of nitrogens with two attached hydrogens (primary N) is 1. The Balaban J connectivity index is 1.67. The molecule has 2 aliphatic rings. The van der Waals surface area contributed by atoms with Crippen LogP contribution in [0.5, 0.6) is 0 Å². The first-order valence-corrected chi connectivity index (χ1v) is 10.3. The number of benzene rings is 1. The van der Waals surface area contributed by atoms with Gasteiger partial charge in [0.15, 0.2) is 0 Å². The summed E-state index contributed by atoms with van der Waals surface area (Å²) in [6.45, 7) is 0.669. The zero-order chi connectivity index (χ0) is 21.7. The lowest BCUT2D eigenvalue weighted by Gasteiger charge is -2.27. The van der Waals surface area contributed by atoms with Crippen molar-refractivity contribution in [3.63, 3.8) is 0 Å². The van der Waals surface area contributed by atoms with Crippen molar-refractivity contribution in [1.82, 2.24) is 10.2 Å². The van der Waals surface area contributed by atoms with Crippen molar-refractivity contribution >= 4 is 35.2 Å². The van der Waals surface area contributed by atoms with E-state index in [2.05, 4.69) is 10.6 Å². The van der Waals surface area contributed by atoms with Crippen molar-refractivity contribution in [2.45, 2.75) is 57.4 Å². The number of fused-ring (bicyclic) bond motifs is 1. The van der Waals surface area contributed by atoms with Gasteiger partial charge in [0.1, 0.15) is 6.04 Å². The predicted molar refractivity (Wildman–Crippen MR) is 108 cm³/mol. The lowest BCUT2D eigenvalue weighted by molar-refractivity contribution is -0.136. The third-order valence-corrected chi connectivity index (χ3v) is 5.35. The molecule has 0 aromatic heterocycles. The Labute approximate surface area is 174 Å². The molecular weight excluding hydrogens is 388 g/mol. The van der Waals surface area contributed by atoms with Crippen LogP contribution in [0.15, 0.2) is 18.2 Å². The summed E-state index contributed by atoms with van der Waals surface area (Å²) in [6.07, 6.45) is 5.12. The van der Waals surface area contributed by atoms with Crippen molar-refractivity contribution in [3.05, 3.63) is 29.3 Å². The molecule has 0 aliphatic carbocycles. The Morgan fingerprint density at radius 3 is 2.53 bits per heavy atom. The number of anilines is 1. The van der Waals surface area contributed by atoms with Gasteiger partial charge in [0.25, 0.3) is 11.8 Å². The molecule has 1 fully saturated rings. The second kappa shape index (κ2) is 9.62. The number of rotatable bonds is 9. The first-order chi connectivity index (χ1) is 14.4. The average molecular weight is 414 g/mol. The van der Waals surface area contributed by atoms with Gasteiger partial charge in [-0.25, -0.2) is 0 Å². The van der Waals surface area contributed by atoms with Crippen LogP contribution in [0.2, 0.25) is 0 Å². The number of unbranched alkanes of at least 4 members (excludes halogenated alkanes) is 4. The summed E-state index contributed by atoms with van der Waals surface area (Å²) in [4.78, 5) is 62.5. The second-order valence-electron chi connectivity index (χ2n) is 7.53. The molecule has 30 heavy (non-hydrogen) atoms. The van der Waals surface area contributed by atoms with E-state index in [9.17, 15) is 24.0 Å². The molecule has 1 aromatic carbocycles. The number of nitrogens with zero attached hydrogens (tertiary/aromatic N) is 1. The molecule has 4 N–H and O–H groups in total. The van der Waals surface area contributed by atoms with Gasteiger partial charge in [0.05, 0.1) is 16.8 Å². The highest BCUT2D eigenvalue weighted by molar-refractivity contribution is 6.26. The van der Waals surface area contributed by atoms with Gasteiger partial charge < -0.3 is 11.1 Å². The molecule has 3 rings (SSSR count). The Morgan fingerprint density at radius 2 is 1.80 bits per heavy atom. The van der Waals surface area contributed by atoms with Crippen molar-refractivity contribution in [1.29, 1.82) is 0 Å². The van der Waals surface area contributed by atoms with E-state index in [0.29, 0.717) is 13.0 Å². The number of carbonyl (C=O) groups is 5. The minimum absolute atomic E-state index is 0.0543. The van der Waals surface area contributed by atoms with E-state index in [0.717, 1.165) is 37.0 Å². The minimum Gasteiger partial charge on any atom is -0.330 e. The summed E-state index contributed by atoms with van der Waals surface area (Å²) in [5, 5.41) is 4.89. The molecular formula is C21H26N4O5. The van der Waals surface area contributed by atoms with Crippen LogP contribution in [0.1, 0.15) is 72.1 Å². The summed E-state index contributed by atoms with van der Waals surface area (Å²) < 4.78 is 0. The molecule has 1 aromatic rings. The first-order valence-electron chi connectivity index (χ1n) is 10.3. The molecule has 0 spiro atoms. The average Bonchev–Trinajstić information content (AvgIpc) is 2.96. The molecule has 2 heterocycles. The molecule has 1 unspecified atom stereocenters. The largest absolute Gasteiger partial charge is 0.330 e. The number of piperidine rings is 1. The van der Waals surface area contributed by atoms with Crippen LogP contribution in [0.4, 0.5) is 5.69 Å². The van der Waals surface area contributed by atoms with Crippen LogP contribution < -0.4 is 16.4 Å². The summed E-state index contributed by atoms with van der Waals surface area (Å²) in [7, 11) is 0. The zero-order valence-corrected chi connectivity index (χ0v) is 16.7. The lowest BCUT2D eigenvalue weighted by Crippen LogP contribution is -2.54. The summed E-state index contributed by atoms with van der Waals surface area (Å²) in [5.41, 5.74) is 5.95. The molecule has 160 valence electrons. The number of amides is 5. The number of hydrogen-bond donors (Lipinski definition) is 3. The number of imide groups is 2. The van der Waals surface area contributed by atoms with E-state index in [1.165, 1.54) is 6.07 Å². The maximum absolute atomic E-state index is 13.0. The molecule has 1 saturated heterocycles. The quantitative estimate of drug-likeness (QED) is 0.411. The molecule has 1 atom stereocenters. The highest BCUT2D eigenvalue weighted by Gasteiger charge is 2.45. The smallest absolute Gasteiger partial charge is 0.264 e. The van der Waals surface area contributed by atoms with Crippen LogP contribution in [0.25, 0.3) is 0 Å². The van der Waals surface area contributed by atoms with Crippen LogP contribution in [0.3, 0.4) is 0 Å². The monoisotopic (exact) mass is 414 g/mol. The van der Waals surface area contributed by atoms with Gasteiger partial charge >= 0.3 is 0 Å². The highest BCUT2D eigenvalue weighted by Crippen LogP contribution is 2.32. The van der Waals surface area contributed by atoms with Crippen LogP contribution in [-0.2, 0) is 14.4 Å². The molecule has 2 aliphatic heterocycles. The van der Waals surface area contributed by atoms with E-state index in [1.54, 1.807) is 12.1 Å². The highest BCUT2D eigenvalue weighted by atomic mass is 16.2. The van der Waals surface area contributed by atoms with Crippen LogP contribution in [-0.4, -0.2) is 47.0 Å². The zero-order valence-electron chi connectivity index (χ0n) is 16.7. The van der Waals surface area contributed by atoms with E-state index >= 15 is 0 Å². The third-order valence-electron chi connectivity index (χ3n) is 5.35.